The van der Waals surface area contributed by atoms with Crippen molar-refractivity contribution >= 4 is 23.3 Å². The lowest BCUT2D eigenvalue weighted by Crippen LogP contribution is -2.43. The summed E-state index contributed by atoms with van der Waals surface area (Å²) >= 11 is 0. The maximum atomic E-state index is 13.5. The number of para-hydroxylation sites is 3. The Bertz CT molecular complexity index is 1080. The number of ether oxygens (including phenoxy) is 2. The topological polar surface area (TPSA) is 88.1 Å². The number of carbonyl (C=O) groups excluding carboxylic acids is 1. The SMILES string of the molecule is COc1ccccc1N1C(=O)c2ccccc2N[C@@H]1c1ccc(OCC(=O)O)cc1. The number of carboxylic acids is 1. The van der Waals surface area contributed by atoms with E-state index >= 15 is 0 Å². The molecule has 0 saturated heterocycles. The number of anilines is 2. The van der Waals surface area contributed by atoms with Crippen LogP contribution in [0.4, 0.5) is 11.4 Å². The van der Waals surface area contributed by atoms with Crippen LogP contribution in [-0.4, -0.2) is 30.7 Å². The third-order valence-corrected chi connectivity index (χ3v) is 4.83. The molecule has 1 atom stereocenters. The standard InChI is InChI=1S/C23H20N2O5/c1-29-20-9-5-4-8-19(20)25-22(24-18-7-3-2-6-17(18)23(25)28)15-10-12-16(13-11-15)30-14-21(26)27/h2-13,22,24H,14H2,1H3,(H,26,27)/t22-/m0/s1. The monoisotopic (exact) mass is 404 g/mol. The van der Waals surface area contributed by atoms with E-state index < -0.39 is 18.7 Å². The molecule has 3 aromatic carbocycles. The van der Waals surface area contributed by atoms with Crippen LogP contribution >= 0.6 is 0 Å². The first kappa shape index (κ1) is 19.3. The van der Waals surface area contributed by atoms with Crippen LogP contribution in [-0.2, 0) is 4.79 Å². The van der Waals surface area contributed by atoms with Crippen molar-refractivity contribution in [2.45, 2.75) is 6.17 Å². The molecule has 0 saturated carbocycles. The molecule has 7 nitrogen and oxygen atoms in total. The minimum atomic E-state index is -1.04. The smallest absolute Gasteiger partial charge is 0.341 e. The fourth-order valence-electron chi connectivity index (χ4n) is 3.46. The van der Waals surface area contributed by atoms with Crippen LogP contribution in [0.15, 0.2) is 72.8 Å². The van der Waals surface area contributed by atoms with Gasteiger partial charge in [0.15, 0.2) is 6.61 Å². The quantitative estimate of drug-likeness (QED) is 0.647. The zero-order valence-corrected chi connectivity index (χ0v) is 16.2. The molecule has 0 aliphatic carbocycles. The fraction of sp³-hybridized carbons (Fsp3) is 0.130. The van der Waals surface area contributed by atoms with Crippen molar-refractivity contribution in [3.05, 3.63) is 83.9 Å². The molecule has 1 aliphatic rings. The number of aliphatic carboxylic acids is 1. The number of fused-ring (bicyclic) bond motifs is 1. The van der Waals surface area contributed by atoms with E-state index in [1.165, 1.54) is 0 Å². The van der Waals surface area contributed by atoms with Gasteiger partial charge in [-0.05, 0) is 42.0 Å². The average molecular weight is 404 g/mol. The molecule has 2 N–H and O–H groups in total. The van der Waals surface area contributed by atoms with E-state index in [0.29, 0.717) is 22.7 Å². The molecule has 0 aromatic heterocycles. The summed E-state index contributed by atoms with van der Waals surface area (Å²) in [6.45, 7) is -0.416. The van der Waals surface area contributed by atoms with Gasteiger partial charge in [0.2, 0.25) is 0 Å². The van der Waals surface area contributed by atoms with Gasteiger partial charge in [-0.1, -0.05) is 36.4 Å². The minimum absolute atomic E-state index is 0.148. The van der Waals surface area contributed by atoms with Crippen LogP contribution in [0, 0.1) is 0 Å². The fourth-order valence-corrected chi connectivity index (χ4v) is 3.46. The summed E-state index contributed by atoms with van der Waals surface area (Å²) in [5.41, 5.74) is 2.76. The zero-order valence-electron chi connectivity index (χ0n) is 16.2. The van der Waals surface area contributed by atoms with Gasteiger partial charge < -0.3 is 19.9 Å². The summed E-state index contributed by atoms with van der Waals surface area (Å²) in [6.07, 6.45) is -0.489. The number of carboxylic acid groups (broad SMARTS) is 1. The van der Waals surface area contributed by atoms with Crippen molar-refractivity contribution in [2.75, 3.05) is 23.9 Å². The number of amides is 1. The number of nitrogens with zero attached hydrogens (tertiary/aromatic N) is 1. The van der Waals surface area contributed by atoms with Crippen LogP contribution in [0.3, 0.4) is 0 Å². The lowest BCUT2D eigenvalue weighted by atomic mass is 10.0. The molecule has 1 heterocycles. The summed E-state index contributed by atoms with van der Waals surface area (Å²) in [5.74, 6) is -0.173. The largest absolute Gasteiger partial charge is 0.495 e. The summed E-state index contributed by atoms with van der Waals surface area (Å²) in [6, 6.07) is 21.7. The number of hydrogen-bond acceptors (Lipinski definition) is 5. The summed E-state index contributed by atoms with van der Waals surface area (Å²) in [4.78, 5) is 25.8. The molecule has 4 rings (SSSR count). The Morgan fingerprint density at radius 2 is 1.73 bits per heavy atom. The maximum absolute atomic E-state index is 13.5. The Hall–Kier alpha value is -4.00. The molecule has 0 bridgehead atoms. The van der Waals surface area contributed by atoms with Crippen molar-refractivity contribution in [1.29, 1.82) is 0 Å². The van der Waals surface area contributed by atoms with Gasteiger partial charge >= 0.3 is 5.97 Å². The first-order chi connectivity index (χ1) is 14.6. The molecule has 30 heavy (non-hydrogen) atoms. The van der Waals surface area contributed by atoms with E-state index in [9.17, 15) is 9.59 Å². The highest BCUT2D eigenvalue weighted by atomic mass is 16.5. The van der Waals surface area contributed by atoms with E-state index in [1.807, 2.05) is 42.5 Å². The van der Waals surface area contributed by atoms with Crippen LogP contribution in [0.2, 0.25) is 0 Å². The van der Waals surface area contributed by atoms with Crippen LogP contribution in [0.25, 0.3) is 0 Å². The highest BCUT2D eigenvalue weighted by Gasteiger charge is 2.35. The van der Waals surface area contributed by atoms with Crippen molar-refractivity contribution in [2.24, 2.45) is 0 Å². The van der Waals surface area contributed by atoms with E-state index in [4.69, 9.17) is 14.6 Å². The van der Waals surface area contributed by atoms with Crippen LogP contribution in [0.1, 0.15) is 22.1 Å². The van der Waals surface area contributed by atoms with Crippen molar-refractivity contribution < 1.29 is 24.2 Å². The van der Waals surface area contributed by atoms with Crippen molar-refractivity contribution in [3.8, 4) is 11.5 Å². The van der Waals surface area contributed by atoms with Gasteiger partial charge in [0, 0.05) is 5.69 Å². The molecule has 1 amide bonds. The Balaban J connectivity index is 1.75. The zero-order chi connectivity index (χ0) is 21.1. The van der Waals surface area contributed by atoms with Crippen LogP contribution < -0.4 is 19.7 Å². The van der Waals surface area contributed by atoms with Gasteiger partial charge in [-0.2, -0.15) is 0 Å². The lowest BCUT2D eigenvalue weighted by molar-refractivity contribution is -0.139. The highest BCUT2D eigenvalue weighted by molar-refractivity contribution is 6.12. The summed E-state index contributed by atoms with van der Waals surface area (Å²) in [7, 11) is 1.57. The van der Waals surface area contributed by atoms with E-state index in [0.717, 1.165) is 11.3 Å². The third-order valence-electron chi connectivity index (χ3n) is 4.83. The predicted molar refractivity (Wildman–Crippen MR) is 112 cm³/mol. The molecule has 0 radical (unpaired) electrons. The molecule has 0 spiro atoms. The minimum Gasteiger partial charge on any atom is -0.495 e. The predicted octanol–water partition coefficient (Wildman–Crippen LogP) is 3.93. The van der Waals surface area contributed by atoms with Crippen molar-refractivity contribution in [1.82, 2.24) is 0 Å². The number of carbonyl (C=O) groups is 2. The Morgan fingerprint density at radius 3 is 2.47 bits per heavy atom. The van der Waals surface area contributed by atoms with Crippen LogP contribution in [0.5, 0.6) is 11.5 Å². The number of hydrogen-bond donors (Lipinski definition) is 2. The van der Waals surface area contributed by atoms with Gasteiger partial charge in [0.05, 0.1) is 18.4 Å². The number of rotatable bonds is 6. The Labute approximate surface area is 173 Å². The average Bonchev–Trinajstić information content (AvgIpc) is 2.78. The lowest BCUT2D eigenvalue weighted by Gasteiger charge is -2.38. The van der Waals surface area contributed by atoms with E-state index in [1.54, 1.807) is 42.3 Å². The summed E-state index contributed by atoms with van der Waals surface area (Å²) in [5, 5.41) is 12.2. The molecule has 7 heteroatoms. The third kappa shape index (κ3) is 3.65. The Kier molecular flexibility index (Phi) is 5.26. The first-order valence-corrected chi connectivity index (χ1v) is 9.35. The molecular weight excluding hydrogens is 384 g/mol. The van der Waals surface area contributed by atoms with Gasteiger partial charge in [-0.25, -0.2) is 4.79 Å². The maximum Gasteiger partial charge on any atom is 0.341 e. The number of nitrogens with one attached hydrogen (secondary N) is 1. The second-order valence-corrected chi connectivity index (χ2v) is 6.69. The van der Waals surface area contributed by atoms with Crippen molar-refractivity contribution in [3.63, 3.8) is 0 Å². The van der Waals surface area contributed by atoms with Gasteiger partial charge in [0.25, 0.3) is 5.91 Å². The number of benzene rings is 3. The highest BCUT2D eigenvalue weighted by Crippen LogP contribution is 2.40. The normalized spacial score (nSPS) is 15.2. The van der Waals surface area contributed by atoms with Gasteiger partial charge in [0.1, 0.15) is 17.7 Å². The summed E-state index contributed by atoms with van der Waals surface area (Å²) < 4.78 is 10.7. The Morgan fingerprint density at radius 1 is 1.03 bits per heavy atom. The second-order valence-electron chi connectivity index (χ2n) is 6.69. The molecule has 1 aliphatic heterocycles. The molecule has 152 valence electrons. The van der Waals surface area contributed by atoms with E-state index in [-0.39, 0.29) is 5.91 Å². The van der Waals surface area contributed by atoms with Gasteiger partial charge in [-0.3, -0.25) is 9.69 Å². The molecule has 0 fully saturated rings. The molecule has 0 unspecified atom stereocenters. The van der Waals surface area contributed by atoms with E-state index in [2.05, 4.69) is 5.32 Å². The first-order valence-electron chi connectivity index (χ1n) is 9.35. The number of methoxy groups -OCH3 is 1. The molecule has 3 aromatic rings. The van der Waals surface area contributed by atoms with Gasteiger partial charge in [-0.15, -0.1) is 0 Å². The second kappa shape index (κ2) is 8.16. The molecular formula is C23H20N2O5.